The van der Waals surface area contributed by atoms with Gasteiger partial charge in [0.05, 0.1) is 0 Å². The Morgan fingerprint density at radius 1 is 1.17 bits per heavy atom. The molecule has 0 aliphatic heterocycles. The third-order valence-electron chi connectivity index (χ3n) is 1.21. The lowest BCUT2D eigenvalue weighted by Crippen LogP contribution is -1.74. The van der Waals surface area contributed by atoms with Crippen molar-refractivity contribution in [2.24, 2.45) is 0 Å². The molecule has 0 bridgehead atoms. The summed E-state index contributed by atoms with van der Waals surface area (Å²) in [5.74, 6) is 0.354. The lowest BCUT2D eigenvalue weighted by atomic mass is 10.1. The van der Waals surface area contributed by atoms with E-state index in [4.69, 9.17) is 15.0 Å². The van der Waals surface area contributed by atoms with E-state index >= 15 is 0 Å². The van der Waals surface area contributed by atoms with Gasteiger partial charge in [0.2, 0.25) is 0 Å². The molecule has 12 heavy (non-hydrogen) atoms. The first-order valence-electron chi connectivity index (χ1n) is 3.45. The van der Waals surface area contributed by atoms with Crippen LogP contribution in [0.2, 0.25) is 0 Å². The molecule has 1 aromatic carbocycles. The maximum Gasteiger partial charge on any atom is 0.290 e. The zero-order chi connectivity index (χ0) is 9.56. The minimum Gasteiger partial charge on any atom is -0.508 e. The third kappa shape index (κ3) is 4.33. The number of carboxylic acid groups (broad SMARTS) is 1. The molecular weight excluding hydrogens is 156 g/mol. The van der Waals surface area contributed by atoms with Crippen molar-refractivity contribution < 1.29 is 15.0 Å². The molecule has 66 valence electrons. The van der Waals surface area contributed by atoms with E-state index in [2.05, 4.69) is 0 Å². The van der Waals surface area contributed by atoms with Gasteiger partial charge in [-0.05, 0) is 37.1 Å². The molecule has 0 unspecified atom stereocenters. The largest absolute Gasteiger partial charge is 0.508 e. The van der Waals surface area contributed by atoms with Gasteiger partial charge in [-0.1, -0.05) is 6.07 Å². The molecule has 3 nitrogen and oxygen atoms in total. The SMILES string of the molecule is Cc1cc(C)cc(O)c1.O=CO. The standard InChI is InChI=1S/C8H10O.CH2O2/c1-6-3-7(2)5-8(9)4-6;2-1-3/h3-5,9H,1-2H3;1H,(H,2,3). The van der Waals surface area contributed by atoms with Crippen molar-refractivity contribution in [2.75, 3.05) is 0 Å². The van der Waals surface area contributed by atoms with Gasteiger partial charge in [-0.15, -0.1) is 0 Å². The summed E-state index contributed by atoms with van der Waals surface area (Å²) in [6, 6.07) is 5.51. The van der Waals surface area contributed by atoms with Crippen LogP contribution < -0.4 is 0 Å². The van der Waals surface area contributed by atoms with E-state index < -0.39 is 0 Å². The Labute approximate surface area is 71.3 Å². The Hall–Kier alpha value is -1.51. The van der Waals surface area contributed by atoms with Gasteiger partial charge in [-0.3, -0.25) is 4.79 Å². The highest BCUT2D eigenvalue weighted by Gasteiger charge is 1.89. The zero-order valence-corrected chi connectivity index (χ0v) is 7.11. The van der Waals surface area contributed by atoms with E-state index in [1.807, 2.05) is 19.9 Å². The first kappa shape index (κ1) is 10.5. The molecule has 0 saturated carbocycles. The van der Waals surface area contributed by atoms with E-state index in [1.165, 1.54) is 0 Å². The first-order valence-corrected chi connectivity index (χ1v) is 3.45. The molecule has 2 N–H and O–H groups in total. The van der Waals surface area contributed by atoms with Gasteiger partial charge in [0.1, 0.15) is 5.75 Å². The number of benzene rings is 1. The molecule has 3 heteroatoms. The van der Waals surface area contributed by atoms with Gasteiger partial charge in [0.25, 0.3) is 6.47 Å². The fourth-order valence-corrected chi connectivity index (χ4v) is 0.951. The molecule has 0 spiro atoms. The van der Waals surface area contributed by atoms with E-state index in [9.17, 15) is 0 Å². The number of hydrogen-bond donors (Lipinski definition) is 2. The van der Waals surface area contributed by atoms with E-state index in [0.29, 0.717) is 5.75 Å². The summed E-state index contributed by atoms with van der Waals surface area (Å²) in [6.45, 7) is 3.68. The smallest absolute Gasteiger partial charge is 0.290 e. The van der Waals surface area contributed by atoms with Crippen LogP contribution in [0.1, 0.15) is 11.1 Å². The molecule has 0 aliphatic rings. The van der Waals surface area contributed by atoms with Crippen molar-refractivity contribution in [1.82, 2.24) is 0 Å². The van der Waals surface area contributed by atoms with Gasteiger partial charge >= 0.3 is 0 Å². The lowest BCUT2D eigenvalue weighted by Gasteiger charge is -1.95. The van der Waals surface area contributed by atoms with Crippen molar-refractivity contribution in [1.29, 1.82) is 0 Å². The number of aromatic hydroxyl groups is 1. The van der Waals surface area contributed by atoms with Crippen LogP contribution >= 0.6 is 0 Å². The van der Waals surface area contributed by atoms with E-state index in [1.54, 1.807) is 12.1 Å². The quantitative estimate of drug-likeness (QED) is 0.580. The number of phenolic OH excluding ortho intramolecular Hbond substituents is 1. The summed E-state index contributed by atoms with van der Waals surface area (Å²) in [5.41, 5.74) is 2.21. The number of aryl methyl sites for hydroxylation is 2. The Bertz CT molecular complexity index is 205. The number of hydrogen-bond acceptors (Lipinski definition) is 2. The van der Waals surface area contributed by atoms with Gasteiger partial charge in [0, 0.05) is 0 Å². The second-order valence-corrected chi connectivity index (χ2v) is 2.45. The van der Waals surface area contributed by atoms with Gasteiger partial charge in [-0.2, -0.15) is 0 Å². The molecule has 0 fully saturated rings. The van der Waals surface area contributed by atoms with Crippen LogP contribution in [0, 0.1) is 13.8 Å². The van der Waals surface area contributed by atoms with Crippen LogP contribution in [-0.2, 0) is 4.79 Å². The highest BCUT2D eigenvalue weighted by Crippen LogP contribution is 2.13. The highest BCUT2D eigenvalue weighted by molar-refractivity contribution is 5.32. The maximum absolute atomic E-state index is 8.99. The van der Waals surface area contributed by atoms with Crippen LogP contribution in [-0.4, -0.2) is 16.7 Å². The summed E-state index contributed by atoms with van der Waals surface area (Å²) >= 11 is 0. The fraction of sp³-hybridized carbons (Fsp3) is 0.222. The monoisotopic (exact) mass is 168 g/mol. The average molecular weight is 168 g/mol. The summed E-state index contributed by atoms with van der Waals surface area (Å²) < 4.78 is 0. The second kappa shape index (κ2) is 5.18. The average Bonchev–Trinajstić information content (AvgIpc) is 1.84. The molecule has 0 radical (unpaired) electrons. The van der Waals surface area contributed by atoms with E-state index in [0.717, 1.165) is 11.1 Å². The van der Waals surface area contributed by atoms with Gasteiger partial charge < -0.3 is 10.2 Å². The van der Waals surface area contributed by atoms with Crippen LogP contribution in [0.3, 0.4) is 0 Å². The number of phenols is 1. The van der Waals surface area contributed by atoms with Crippen LogP contribution in [0.5, 0.6) is 5.75 Å². The summed E-state index contributed by atoms with van der Waals surface area (Å²) in [4.78, 5) is 8.36. The lowest BCUT2D eigenvalue weighted by molar-refractivity contribution is -0.122. The zero-order valence-electron chi connectivity index (χ0n) is 7.11. The molecular formula is C9H12O3. The third-order valence-corrected chi connectivity index (χ3v) is 1.21. The Balaban J connectivity index is 0.000000354. The van der Waals surface area contributed by atoms with Crippen molar-refractivity contribution in [3.63, 3.8) is 0 Å². The van der Waals surface area contributed by atoms with Crippen molar-refractivity contribution in [3.05, 3.63) is 29.3 Å². The van der Waals surface area contributed by atoms with Crippen molar-refractivity contribution >= 4 is 6.47 Å². The molecule has 0 heterocycles. The maximum atomic E-state index is 8.99. The van der Waals surface area contributed by atoms with Crippen LogP contribution in [0.15, 0.2) is 18.2 Å². The minimum atomic E-state index is -0.250. The molecule has 1 aromatic rings. The molecule has 1 rings (SSSR count). The summed E-state index contributed by atoms with van der Waals surface area (Å²) in [6.07, 6.45) is 0. The highest BCUT2D eigenvalue weighted by atomic mass is 16.3. The van der Waals surface area contributed by atoms with E-state index in [-0.39, 0.29) is 6.47 Å². The topological polar surface area (TPSA) is 57.5 Å². The number of rotatable bonds is 0. The van der Waals surface area contributed by atoms with Crippen LogP contribution in [0.4, 0.5) is 0 Å². The van der Waals surface area contributed by atoms with Crippen molar-refractivity contribution in [2.45, 2.75) is 13.8 Å². The predicted molar refractivity (Wildman–Crippen MR) is 46.3 cm³/mol. The first-order chi connectivity index (χ1) is 5.60. The molecule has 0 saturated heterocycles. The van der Waals surface area contributed by atoms with Gasteiger partial charge in [-0.25, -0.2) is 0 Å². The molecule has 0 atom stereocenters. The minimum absolute atomic E-state index is 0.250. The summed E-state index contributed by atoms with van der Waals surface area (Å²) in [7, 11) is 0. The molecule has 0 amide bonds. The van der Waals surface area contributed by atoms with Crippen LogP contribution in [0.25, 0.3) is 0 Å². The Morgan fingerprint density at radius 2 is 1.50 bits per heavy atom. The Kier molecular flexibility index (Phi) is 4.53. The van der Waals surface area contributed by atoms with Gasteiger partial charge in [0.15, 0.2) is 0 Å². The van der Waals surface area contributed by atoms with Crippen molar-refractivity contribution in [3.8, 4) is 5.75 Å². The fourth-order valence-electron chi connectivity index (χ4n) is 0.951. The summed E-state index contributed by atoms with van der Waals surface area (Å²) in [5, 5.41) is 15.9. The predicted octanol–water partition coefficient (Wildman–Crippen LogP) is 1.71. The molecule has 0 aliphatic carbocycles. The molecule has 0 aromatic heterocycles. The Morgan fingerprint density at radius 3 is 1.75 bits per heavy atom. The number of carbonyl (C=O) groups is 1. The second-order valence-electron chi connectivity index (χ2n) is 2.45. The normalized spacial score (nSPS) is 8.17.